The number of piperidine rings is 2. The largest absolute Gasteiger partial charge is 0.465 e. The third-order valence-electron chi connectivity index (χ3n) is 10.00. The molecule has 2 aliphatic heterocycles. The first-order chi connectivity index (χ1) is 27.0. The molecule has 2 fully saturated rings. The Bertz CT molecular complexity index is 1940. The minimum absolute atomic E-state index is 0.0518. The molecule has 6 N–H and O–H groups in total. The maximum absolute atomic E-state index is 13.6. The monoisotopic (exact) mass is 760 g/mol. The Labute approximate surface area is 323 Å². The lowest BCUT2D eigenvalue weighted by Gasteiger charge is -2.35. The second kappa shape index (κ2) is 18.1. The average molecular weight is 761 g/mol. The van der Waals surface area contributed by atoms with E-state index >= 15 is 0 Å². The summed E-state index contributed by atoms with van der Waals surface area (Å²) >= 11 is 0. The minimum atomic E-state index is -1.39. The van der Waals surface area contributed by atoms with Crippen LogP contribution in [0.1, 0.15) is 49.7 Å². The highest BCUT2D eigenvalue weighted by Crippen LogP contribution is 2.38. The minimum Gasteiger partial charge on any atom is -0.465 e. The van der Waals surface area contributed by atoms with Crippen LogP contribution in [0.25, 0.3) is 11.1 Å². The molecule has 14 nitrogen and oxygen atoms in total. The predicted octanol–water partition coefficient (Wildman–Crippen LogP) is 6.66. The van der Waals surface area contributed by atoms with Gasteiger partial charge >= 0.3 is 12.2 Å². The summed E-state index contributed by atoms with van der Waals surface area (Å²) in [6.45, 7) is 0.880. The third kappa shape index (κ3) is 9.88. The average Bonchev–Trinajstić information content (AvgIpc) is 3.18. The van der Waals surface area contributed by atoms with E-state index in [9.17, 15) is 39.0 Å². The highest BCUT2D eigenvalue weighted by Gasteiger charge is 2.33. The number of nitrogens with one attached hydrogen (secondary N) is 4. The van der Waals surface area contributed by atoms with E-state index in [4.69, 9.17) is 0 Å². The SMILES string of the molecule is O=C(O)Nc1cc(NC(=O)C2CCCCN2C(=O)Cc2ccccc2)ccc1-c1ccc(NC(=O)[C@H]2CCCCN2C(=O)Cc2ccccc2)cc1NC(=O)O. The molecule has 1 unspecified atom stereocenters. The Morgan fingerprint density at radius 2 is 0.911 bits per heavy atom. The zero-order valence-electron chi connectivity index (χ0n) is 30.7. The number of carboxylic acid groups (broad SMARTS) is 2. The Hall–Kier alpha value is -6.70. The number of hydrogen-bond donors (Lipinski definition) is 6. The van der Waals surface area contributed by atoms with Crippen molar-refractivity contribution in [3.05, 3.63) is 108 Å². The lowest BCUT2D eigenvalue weighted by Crippen LogP contribution is -2.50. The van der Waals surface area contributed by atoms with E-state index in [1.165, 1.54) is 12.1 Å². The lowest BCUT2D eigenvalue weighted by atomic mass is 9.98. The topological polar surface area (TPSA) is 197 Å². The van der Waals surface area contributed by atoms with Crippen LogP contribution in [0.3, 0.4) is 0 Å². The second-order valence-corrected chi connectivity index (χ2v) is 13.9. The van der Waals surface area contributed by atoms with Gasteiger partial charge in [0.2, 0.25) is 23.6 Å². The summed E-state index contributed by atoms with van der Waals surface area (Å²) in [5.74, 6) is -1.14. The molecule has 0 aromatic heterocycles. The van der Waals surface area contributed by atoms with Gasteiger partial charge in [-0.3, -0.25) is 29.8 Å². The second-order valence-electron chi connectivity index (χ2n) is 13.9. The van der Waals surface area contributed by atoms with Crippen LogP contribution in [0.5, 0.6) is 0 Å². The number of anilines is 4. The highest BCUT2D eigenvalue weighted by atomic mass is 16.4. The summed E-state index contributed by atoms with van der Waals surface area (Å²) in [6.07, 6.45) is 1.55. The molecule has 6 amide bonds. The molecular formula is C42H44N6O8. The van der Waals surface area contributed by atoms with Crippen molar-refractivity contribution in [1.82, 2.24) is 9.80 Å². The predicted molar refractivity (Wildman–Crippen MR) is 211 cm³/mol. The number of rotatable bonds is 11. The number of benzene rings is 4. The molecule has 4 aromatic rings. The molecule has 0 bridgehead atoms. The maximum atomic E-state index is 13.6. The molecule has 290 valence electrons. The van der Waals surface area contributed by atoms with E-state index in [0.717, 1.165) is 36.8 Å². The number of carbonyl (C=O) groups is 6. The fourth-order valence-electron chi connectivity index (χ4n) is 7.35. The molecule has 2 aliphatic rings. The van der Waals surface area contributed by atoms with Crippen LogP contribution in [-0.2, 0) is 32.0 Å². The summed E-state index contributed by atoms with van der Waals surface area (Å²) in [7, 11) is 0. The van der Waals surface area contributed by atoms with Crippen LogP contribution in [0.2, 0.25) is 0 Å². The molecular weight excluding hydrogens is 716 g/mol. The zero-order valence-corrected chi connectivity index (χ0v) is 30.7. The molecule has 2 heterocycles. The molecule has 2 saturated heterocycles. The van der Waals surface area contributed by atoms with Crippen molar-refractivity contribution in [3.63, 3.8) is 0 Å². The van der Waals surface area contributed by atoms with Crippen LogP contribution in [0, 0.1) is 0 Å². The summed E-state index contributed by atoms with van der Waals surface area (Å²) in [6, 6.07) is 26.2. The first kappa shape index (κ1) is 39.0. The van der Waals surface area contributed by atoms with Gasteiger partial charge in [0.1, 0.15) is 12.1 Å². The highest BCUT2D eigenvalue weighted by molar-refractivity contribution is 6.03. The van der Waals surface area contributed by atoms with Crippen molar-refractivity contribution in [2.45, 2.75) is 63.5 Å². The Balaban J connectivity index is 1.21. The van der Waals surface area contributed by atoms with E-state index in [0.29, 0.717) is 25.9 Å². The number of amides is 6. The molecule has 0 saturated carbocycles. The molecule has 2 atom stereocenters. The number of nitrogens with zero attached hydrogens (tertiary/aromatic N) is 2. The van der Waals surface area contributed by atoms with Gasteiger partial charge in [-0.2, -0.15) is 0 Å². The van der Waals surface area contributed by atoms with E-state index in [2.05, 4.69) is 21.3 Å². The number of likely N-dealkylation sites (tertiary alicyclic amines) is 2. The van der Waals surface area contributed by atoms with Crippen LogP contribution < -0.4 is 21.3 Å². The Morgan fingerprint density at radius 1 is 0.518 bits per heavy atom. The summed E-state index contributed by atoms with van der Waals surface area (Å²) in [5.41, 5.74) is 2.89. The maximum Gasteiger partial charge on any atom is 0.409 e. The molecule has 14 heteroatoms. The summed E-state index contributed by atoms with van der Waals surface area (Å²) < 4.78 is 0. The number of hydrogen-bond acceptors (Lipinski definition) is 6. The van der Waals surface area contributed by atoms with Crippen molar-refractivity contribution in [3.8, 4) is 11.1 Å². The van der Waals surface area contributed by atoms with Gasteiger partial charge in [-0.1, -0.05) is 72.8 Å². The molecule has 0 spiro atoms. The van der Waals surface area contributed by atoms with Gasteiger partial charge in [0.05, 0.1) is 24.2 Å². The van der Waals surface area contributed by atoms with Gasteiger partial charge in [0.15, 0.2) is 0 Å². The molecule has 56 heavy (non-hydrogen) atoms. The van der Waals surface area contributed by atoms with Gasteiger partial charge in [-0.25, -0.2) is 9.59 Å². The summed E-state index contributed by atoms with van der Waals surface area (Å²) in [5, 5.41) is 29.8. The molecule has 6 rings (SSSR count). The van der Waals surface area contributed by atoms with Crippen molar-refractivity contribution in [2.24, 2.45) is 0 Å². The smallest absolute Gasteiger partial charge is 0.409 e. The van der Waals surface area contributed by atoms with Crippen molar-refractivity contribution in [2.75, 3.05) is 34.4 Å². The molecule has 0 aliphatic carbocycles. The van der Waals surface area contributed by atoms with Gasteiger partial charge < -0.3 is 30.6 Å². The first-order valence-electron chi connectivity index (χ1n) is 18.6. The quantitative estimate of drug-likeness (QED) is 0.0976. The van der Waals surface area contributed by atoms with Crippen molar-refractivity contribution in [1.29, 1.82) is 0 Å². The molecule has 4 aromatic carbocycles. The van der Waals surface area contributed by atoms with Crippen LogP contribution in [0.4, 0.5) is 32.3 Å². The van der Waals surface area contributed by atoms with Crippen molar-refractivity contribution < 1.29 is 39.0 Å². The van der Waals surface area contributed by atoms with Gasteiger partial charge in [-0.05, 0) is 73.9 Å². The molecule has 0 radical (unpaired) electrons. The summed E-state index contributed by atoms with van der Waals surface area (Å²) in [4.78, 5) is 80.8. The van der Waals surface area contributed by atoms with Gasteiger partial charge in [-0.15, -0.1) is 0 Å². The zero-order chi connectivity index (χ0) is 39.6. The first-order valence-corrected chi connectivity index (χ1v) is 18.6. The lowest BCUT2D eigenvalue weighted by molar-refractivity contribution is -0.139. The third-order valence-corrected chi connectivity index (χ3v) is 10.00. The van der Waals surface area contributed by atoms with Crippen LogP contribution in [0.15, 0.2) is 97.1 Å². The standard InChI is InChI=1S/C42H44N6O8/c49-37(23-27-11-3-1-4-12-27)47-21-9-7-15-35(47)39(51)43-29-17-19-31(33(25-29)45-41(53)54)32-20-18-30(26-34(32)46-42(55)56)44-40(52)36-16-8-10-22-48(36)38(50)24-28-13-5-2-6-14-28/h1-6,11-14,17-20,25-26,35-36,45-46H,7-10,15-16,21-24H2,(H,43,51)(H,44,52)(H,53,54)(H,55,56)/t35-,36?/m1/s1. The van der Waals surface area contributed by atoms with Crippen LogP contribution >= 0.6 is 0 Å². The Kier molecular flexibility index (Phi) is 12.6. The van der Waals surface area contributed by atoms with Crippen LogP contribution in [-0.4, -0.2) is 81.0 Å². The van der Waals surface area contributed by atoms with Gasteiger partial charge in [0, 0.05) is 35.6 Å². The van der Waals surface area contributed by atoms with Gasteiger partial charge in [0.25, 0.3) is 0 Å². The van der Waals surface area contributed by atoms with E-state index in [-0.39, 0.29) is 58.5 Å². The fourth-order valence-corrected chi connectivity index (χ4v) is 7.35. The van der Waals surface area contributed by atoms with E-state index in [1.807, 2.05) is 60.7 Å². The van der Waals surface area contributed by atoms with E-state index in [1.54, 1.807) is 34.1 Å². The van der Waals surface area contributed by atoms with E-state index < -0.39 is 36.1 Å². The van der Waals surface area contributed by atoms with Crippen molar-refractivity contribution >= 4 is 58.6 Å². The normalized spacial score (nSPS) is 16.6. The fraction of sp³-hybridized carbons (Fsp3) is 0.286. The number of carbonyl (C=O) groups excluding carboxylic acids is 4. The Morgan fingerprint density at radius 3 is 1.29 bits per heavy atom.